The van der Waals surface area contributed by atoms with Crippen LogP contribution in [0.1, 0.15) is 19.4 Å². The van der Waals surface area contributed by atoms with Crippen LogP contribution in [0, 0.1) is 0 Å². The second kappa shape index (κ2) is 7.35. The number of nitrogens with zero attached hydrogens (tertiary/aromatic N) is 1. The molecule has 0 fully saturated rings. The fraction of sp³-hybridized carbons (Fsp3) is 0.417. The number of thioether (sulfide) groups is 1. The largest absolute Gasteiger partial charge is 0.365 e. The molecule has 1 aromatic rings. The summed E-state index contributed by atoms with van der Waals surface area (Å²) in [6.07, 6.45) is 0. The number of hydrogen-bond acceptors (Lipinski definition) is 2. The van der Waals surface area contributed by atoms with Crippen LogP contribution in [0.25, 0.3) is 0 Å². The molecule has 0 aromatic heterocycles. The van der Waals surface area contributed by atoms with E-state index in [1.165, 1.54) is 5.56 Å². The Labute approximate surface area is 96.2 Å². The van der Waals surface area contributed by atoms with Crippen molar-refractivity contribution >= 4 is 16.9 Å². The van der Waals surface area contributed by atoms with Gasteiger partial charge in [-0.05, 0) is 18.2 Å². The fourth-order valence-electron chi connectivity index (χ4n) is 1.19. The molecular weight excluding hydrogens is 204 g/mol. The Morgan fingerprint density at radius 1 is 1.27 bits per heavy atom. The minimum atomic E-state index is 0.760. The predicted molar refractivity (Wildman–Crippen MR) is 69.4 cm³/mol. The molecule has 1 aromatic carbocycles. The molecule has 0 bridgehead atoms. The maximum atomic E-state index is 4.54. The van der Waals surface area contributed by atoms with Crippen molar-refractivity contribution in [2.24, 2.45) is 4.99 Å². The third-order valence-electron chi connectivity index (χ3n) is 1.86. The first-order chi connectivity index (χ1) is 7.36. The molecule has 0 saturated heterocycles. The van der Waals surface area contributed by atoms with E-state index in [4.69, 9.17) is 0 Å². The zero-order chi connectivity index (χ0) is 10.9. The molecule has 0 unspecified atom stereocenters. The van der Waals surface area contributed by atoms with Crippen LogP contribution in [0.5, 0.6) is 0 Å². The first-order valence-electron chi connectivity index (χ1n) is 5.31. The molecule has 0 amide bonds. The summed E-state index contributed by atoms with van der Waals surface area (Å²) in [6, 6.07) is 10.3. The highest BCUT2D eigenvalue weighted by Crippen LogP contribution is 2.05. The molecule has 0 heterocycles. The second-order valence-electron chi connectivity index (χ2n) is 3.07. The SMILES string of the molecule is CCNC(=NCc1ccccc1)SCC. The average Bonchev–Trinajstić information content (AvgIpc) is 2.28. The van der Waals surface area contributed by atoms with E-state index in [9.17, 15) is 0 Å². The maximum absolute atomic E-state index is 4.54. The van der Waals surface area contributed by atoms with Crippen molar-refractivity contribution < 1.29 is 0 Å². The Morgan fingerprint density at radius 3 is 2.60 bits per heavy atom. The summed E-state index contributed by atoms with van der Waals surface area (Å²) in [5, 5.41) is 4.31. The van der Waals surface area contributed by atoms with E-state index >= 15 is 0 Å². The van der Waals surface area contributed by atoms with Crippen LogP contribution in [0.4, 0.5) is 0 Å². The van der Waals surface area contributed by atoms with E-state index in [-0.39, 0.29) is 0 Å². The van der Waals surface area contributed by atoms with E-state index in [0.29, 0.717) is 0 Å². The van der Waals surface area contributed by atoms with Gasteiger partial charge in [-0.3, -0.25) is 4.99 Å². The van der Waals surface area contributed by atoms with Crippen molar-refractivity contribution in [1.82, 2.24) is 5.32 Å². The summed E-state index contributed by atoms with van der Waals surface area (Å²) in [6.45, 7) is 5.92. The van der Waals surface area contributed by atoms with E-state index in [0.717, 1.165) is 24.0 Å². The van der Waals surface area contributed by atoms with Crippen molar-refractivity contribution in [2.75, 3.05) is 12.3 Å². The summed E-state index contributed by atoms with van der Waals surface area (Å²) >= 11 is 1.76. The van der Waals surface area contributed by atoms with Crippen molar-refractivity contribution in [2.45, 2.75) is 20.4 Å². The highest BCUT2D eigenvalue weighted by molar-refractivity contribution is 8.13. The number of hydrogen-bond donors (Lipinski definition) is 1. The molecule has 0 aliphatic rings. The van der Waals surface area contributed by atoms with Gasteiger partial charge in [-0.1, -0.05) is 49.0 Å². The molecule has 1 rings (SSSR count). The van der Waals surface area contributed by atoms with Crippen LogP contribution in [0.15, 0.2) is 35.3 Å². The highest BCUT2D eigenvalue weighted by Gasteiger charge is 1.96. The monoisotopic (exact) mass is 222 g/mol. The average molecular weight is 222 g/mol. The molecule has 0 atom stereocenters. The second-order valence-corrected chi connectivity index (χ2v) is 4.32. The molecule has 3 heteroatoms. The Bertz CT molecular complexity index is 288. The minimum absolute atomic E-state index is 0.760. The standard InChI is InChI=1S/C12H18N2S/c1-3-13-12(15-4-2)14-10-11-8-6-5-7-9-11/h5-9H,3-4,10H2,1-2H3,(H,13,14). The fourth-order valence-corrected chi connectivity index (χ4v) is 1.86. The first kappa shape index (κ1) is 12.1. The lowest BCUT2D eigenvalue weighted by Gasteiger charge is -2.05. The predicted octanol–water partition coefficient (Wildman–Crippen LogP) is 2.91. The number of nitrogens with one attached hydrogen (secondary N) is 1. The lowest BCUT2D eigenvalue weighted by atomic mass is 10.2. The van der Waals surface area contributed by atoms with Gasteiger partial charge in [-0.2, -0.15) is 0 Å². The quantitative estimate of drug-likeness (QED) is 0.626. The summed E-state index contributed by atoms with van der Waals surface area (Å²) < 4.78 is 0. The van der Waals surface area contributed by atoms with Gasteiger partial charge >= 0.3 is 0 Å². The highest BCUT2D eigenvalue weighted by atomic mass is 32.2. The van der Waals surface area contributed by atoms with Gasteiger partial charge in [0.25, 0.3) is 0 Å². The van der Waals surface area contributed by atoms with E-state index in [1.54, 1.807) is 11.8 Å². The zero-order valence-corrected chi connectivity index (χ0v) is 10.2. The number of benzene rings is 1. The lowest BCUT2D eigenvalue weighted by Crippen LogP contribution is -2.20. The topological polar surface area (TPSA) is 24.4 Å². The minimum Gasteiger partial charge on any atom is -0.365 e. The summed E-state index contributed by atoms with van der Waals surface area (Å²) in [7, 11) is 0. The molecule has 0 aliphatic heterocycles. The molecule has 2 nitrogen and oxygen atoms in total. The molecular formula is C12H18N2S. The third-order valence-corrected chi connectivity index (χ3v) is 2.69. The van der Waals surface area contributed by atoms with Crippen LogP contribution >= 0.6 is 11.8 Å². The number of amidine groups is 1. The number of rotatable bonds is 4. The van der Waals surface area contributed by atoms with Crippen LogP contribution in [-0.2, 0) is 6.54 Å². The Kier molecular flexibility index (Phi) is 5.93. The van der Waals surface area contributed by atoms with Gasteiger partial charge in [-0.25, -0.2) is 0 Å². The van der Waals surface area contributed by atoms with Gasteiger partial charge in [-0.15, -0.1) is 0 Å². The summed E-state index contributed by atoms with van der Waals surface area (Å²) in [5.41, 5.74) is 1.25. The van der Waals surface area contributed by atoms with Gasteiger partial charge in [0.15, 0.2) is 5.17 Å². The van der Waals surface area contributed by atoms with Crippen molar-refractivity contribution in [1.29, 1.82) is 0 Å². The summed E-state index contributed by atoms with van der Waals surface area (Å²) in [5.74, 6) is 1.06. The van der Waals surface area contributed by atoms with Crippen molar-refractivity contribution in [3.63, 3.8) is 0 Å². The molecule has 0 spiro atoms. The molecule has 82 valence electrons. The molecule has 1 N–H and O–H groups in total. The van der Waals surface area contributed by atoms with E-state index < -0.39 is 0 Å². The van der Waals surface area contributed by atoms with Gasteiger partial charge in [0.1, 0.15) is 0 Å². The zero-order valence-electron chi connectivity index (χ0n) is 9.36. The Morgan fingerprint density at radius 2 is 2.00 bits per heavy atom. The van der Waals surface area contributed by atoms with Gasteiger partial charge < -0.3 is 5.32 Å². The first-order valence-corrected chi connectivity index (χ1v) is 6.30. The van der Waals surface area contributed by atoms with Crippen molar-refractivity contribution in [3.8, 4) is 0 Å². The molecule has 0 radical (unpaired) electrons. The van der Waals surface area contributed by atoms with E-state index in [1.807, 2.05) is 18.2 Å². The summed E-state index contributed by atoms with van der Waals surface area (Å²) in [4.78, 5) is 4.54. The van der Waals surface area contributed by atoms with Crippen LogP contribution in [0.3, 0.4) is 0 Å². The molecule has 15 heavy (non-hydrogen) atoms. The van der Waals surface area contributed by atoms with Crippen LogP contribution < -0.4 is 5.32 Å². The number of aliphatic imine (C=N–C) groups is 1. The van der Waals surface area contributed by atoms with Crippen LogP contribution in [0.2, 0.25) is 0 Å². The van der Waals surface area contributed by atoms with Crippen LogP contribution in [-0.4, -0.2) is 17.5 Å². The lowest BCUT2D eigenvalue weighted by molar-refractivity contribution is 0.955. The Balaban J connectivity index is 2.53. The smallest absolute Gasteiger partial charge is 0.156 e. The van der Waals surface area contributed by atoms with E-state index in [2.05, 4.69) is 36.3 Å². The van der Waals surface area contributed by atoms with Gasteiger partial charge in [0.05, 0.1) is 6.54 Å². The Hall–Kier alpha value is -0.960. The van der Waals surface area contributed by atoms with Gasteiger partial charge in [0, 0.05) is 6.54 Å². The van der Waals surface area contributed by atoms with Crippen molar-refractivity contribution in [3.05, 3.63) is 35.9 Å². The maximum Gasteiger partial charge on any atom is 0.156 e. The third kappa shape index (κ3) is 4.88. The van der Waals surface area contributed by atoms with Gasteiger partial charge in [0.2, 0.25) is 0 Å². The normalized spacial score (nSPS) is 11.5. The molecule has 0 saturated carbocycles. The molecule has 0 aliphatic carbocycles.